The van der Waals surface area contributed by atoms with Crippen molar-refractivity contribution in [2.75, 3.05) is 26.7 Å². The van der Waals surface area contributed by atoms with Gasteiger partial charge >= 0.3 is 0 Å². The lowest BCUT2D eigenvalue weighted by Gasteiger charge is -2.34. The topological polar surface area (TPSA) is 119 Å². The molecule has 4 aliphatic heterocycles. The van der Waals surface area contributed by atoms with Crippen molar-refractivity contribution in [3.8, 4) is 33.6 Å². The molecule has 2 unspecified atom stereocenters. The molecular formula is C36H41N7O3. The van der Waals surface area contributed by atoms with Gasteiger partial charge < -0.3 is 24.9 Å². The maximum Gasteiger partial charge on any atom is 0.242 e. The third kappa shape index (κ3) is 5.13. The molecule has 0 saturated carbocycles. The van der Waals surface area contributed by atoms with Crippen molar-refractivity contribution in [2.24, 2.45) is 0 Å². The number of fused-ring (bicyclic) bond motifs is 5. The van der Waals surface area contributed by atoms with Crippen LogP contribution >= 0.6 is 0 Å². The van der Waals surface area contributed by atoms with E-state index < -0.39 is 0 Å². The molecule has 238 valence electrons. The van der Waals surface area contributed by atoms with Crippen LogP contribution in [0.3, 0.4) is 0 Å². The summed E-state index contributed by atoms with van der Waals surface area (Å²) in [5.41, 5.74) is 9.21. The van der Waals surface area contributed by atoms with Crippen LogP contribution in [0.5, 0.6) is 0 Å². The molecule has 0 radical (unpaired) electrons. The minimum Gasteiger partial charge on any atom is -0.366 e. The first-order valence-corrected chi connectivity index (χ1v) is 16.8. The predicted octanol–water partition coefficient (Wildman–Crippen LogP) is 6.00. The summed E-state index contributed by atoms with van der Waals surface area (Å²) in [6.45, 7) is 1.79. The number of hydrogen-bond acceptors (Lipinski definition) is 6. The first kappa shape index (κ1) is 29.1. The second-order valence-electron chi connectivity index (χ2n) is 13.2. The number of hydrogen-bond donors (Lipinski definition) is 3. The fraction of sp³-hybridized carbons (Fsp3) is 0.444. The van der Waals surface area contributed by atoms with Gasteiger partial charge in [0.05, 0.1) is 54.6 Å². The van der Waals surface area contributed by atoms with Gasteiger partial charge in [0, 0.05) is 12.1 Å². The van der Waals surface area contributed by atoms with E-state index >= 15 is 0 Å². The molecule has 3 fully saturated rings. The summed E-state index contributed by atoms with van der Waals surface area (Å²) < 4.78 is 6.50. The Kier molecular flexibility index (Phi) is 7.70. The minimum atomic E-state index is -0.128. The Hall–Kier alpha value is -4.28. The number of H-pyrrole nitrogens is 2. The standard InChI is InChI=1S/C36H41N7O3/c1-42-16-4-2-6-28(42)35-38-18-26(40-35)23-10-8-22(9-11-23)24-12-13-25(34-31-15-14-30(46-31)33(24)34)27-19-39-36(41-27)29-7-3-5-17-43(29)32(45)20-37-21-44/h8-13,18-19,21,28-31H,2-7,14-17,20H2,1H3,(H,37,44)(H,38,40)(H,39,41)/t28-,29-,30?,31?/m0/s1. The molecule has 6 heterocycles. The van der Waals surface area contributed by atoms with E-state index in [9.17, 15) is 9.59 Å². The van der Waals surface area contributed by atoms with Crippen molar-refractivity contribution in [3.05, 3.63) is 71.6 Å². The predicted molar refractivity (Wildman–Crippen MR) is 174 cm³/mol. The van der Waals surface area contributed by atoms with E-state index in [1.165, 1.54) is 35.1 Å². The van der Waals surface area contributed by atoms with Crippen LogP contribution in [0.25, 0.3) is 33.6 Å². The average Bonchev–Trinajstić information content (AvgIpc) is 3.93. The van der Waals surface area contributed by atoms with E-state index in [4.69, 9.17) is 14.7 Å². The highest BCUT2D eigenvalue weighted by molar-refractivity contribution is 5.81. The van der Waals surface area contributed by atoms with Gasteiger partial charge in [-0.1, -0.05) is 42.8 Å². The number of carbonyl (C=O) groups excluding carboxylic acids is 2. The van der Waals surface area contributed by atoms with Crippen molar-refractivity contribution < 1.29 is 14.3 Å². The van der Waals surface area contributed by atoms with Gasteiger partial charge in [-0.25, -0.2) is 9.97 Å². The molecule has 8 rings (SSSR count). The Morgan fingerprint density at radius 1 is 0.826 bits per heavy atom. The maximum absolute atomic E-state index is 12.8. The Balaban J connectivity index is 1.07. The van der Waals surface area contributed by atoms with Crippen LogP contribution in [0.1, 0.15) is 98.4 Å². The second kappa shape index (κ2) is 12.1. The molecule has 4 aromatic rings. The number of ether oxygens (including phenoxy) is 1. The first-order chi connectivity index (χ1) is 22.6. The summed E-state index contributed by atoms with van der Waals surface area (Å²) in [5.74, 6) is 1.77. The van der Waals surface area contributed by atoms with E-state index in [0.29, 0.717) is 19.0 Å². The van der Waals surface area contributed by atoms with Gasteiger partial charge in [-0.05, 0) is 86.4 Å². The Bertz CT molecular complexity index is 1740. The molecule has 4 atom stereocenters. The number of nitrogens with one attached hydrogen (secondary N) is 3. The van der Waals surface area contributed by atoms with Crippen molar-refractivity contribution in [3.63, 3.8) is 0 Å². The number of rotatable bonds is 8. The van der Waals surface area contributed by atoms with Crippen LogP contribution in [0.15, 0.2) is 48.8 Å². The average molecular weight is 620 g/mol. The molecule has 46 heavy (non-hydrogen) atoms. The molecule has 2 aromatic carbocycles. The third-order valence-electron chi connectivity index (χ3n) is 10.5. The van der Waals surface area contributed by atoms with E-state index in [1.54, 1.807) is 0 Å². The number of carbonyl (C=O) groups is 2. The van der Waals surface area contributed by atoms with Crippen molar-refractivity contribution in [2.45, 2.75) is 75.7 Å². The van der Waals surface area contributed by atoms with Crippen LogP contribution < -0.4 is 5.32 Å². The second-order valence-corrected chi connectivity index (χ2v) is 13.2. The molecule has 4 aliphatic rings. The van der Waals surface area contributed by atoms with E-state index in [0.717, 1.165) is 79.2 Å². The third-order valence-corrected chi connectivity index (χ3v) is 10.5. The van der Waals surface area contributed by atoms with Gasteiger partial charge in [-0.15, -0.1) is 0 Å². The zero-order valence-electron chi connectivity index (χ0n) is 26.3. The maximum atomic E-state index is 12.8. The molecule has 0 spiro atoms. The monoisotopic (exact) mass is 619 g/mol. The Morgan fingerprint density at radius 3 is 2.22 bits per heavy atom. The summed E-state index contributed by atoms with van der Waals surface area (Å²) in [5, 5.41) is 2.51. The summed E-state index contributed by atoms with van der Waals surface area (Å²) in [6.07, 6.45) is 13.1. The summed E-state index contributed by atoms with van der Waals surface area (Å²) in [4.78, 5) is 44.6. The van der Waals surface area contributed by atoms with Gasteiger partial charge in [0.15, 0.2) is 0 Å². The van der Waals surface area contributed by atoms with Crippen LogP contribution in [0.4, 0.5) is 0 Å². The lowest BCUT2D eigenvalue weighted by Crippen LogP contribution is -2.43. The van der Waals surface area contributed by atoms with E-state index in [2.05, 4.69) is 63.6 Å². The van der Waals surface area contributed by atoms with Crippen molar-refractivity contribution in [1.29, 1.82) is 0 Å². The molecule has 3 N–H and O–H groups in total. The first-order valence-electron chi connectivity index (χ1n) is 16.8. The van der Waals surface area contributed by atoms with Gasteiger partial charge in [-0.2, -0.15) is 0 Å². The number of nitrogens with zero attached hydrogens (tertiary/aromatic N) is 4. The smallest absolute Gasteiger partial charge is 0.242 e. The zero-order valence-corrected chi connectivity index (χ0v) is 26.3. The van der Waals surface area contributed by atoms with Crippen LogP contribution in [0, 0.1) is 0 Å². The summed E-state index contributed by atoms with van der Waals surface area (Å²) in [6, 6.07) is 13.5. The number of aromatic amines is 2. The lowest BCUT2D eigenvalue weighted by atomic mass is 9.82. The molecule has 2 bridgehead atoms. The van der Waals surface area contributed by atoms with Crippen LogP contribution in [-0.4, -0.2) is 68.7 Å². The molecule has 2 aromatic heterocycles. The molecule has 3 saturated heterocycles. The van der Waals surface area contributed by atoms with Crippen molar-refractivity contribution >= 4 is 12.3 Å². The largest absolute Gasteiger partial charge is 0.366 e. The lowest BCUT2D eigenvalue weighted by molar-refractivity contribution is -0.135. The molecule has 2 amide bonds. The summed E-state index contributed by atoms with van der Waals surface area (Å²) >= 11 is 0. The quantitative estimate of drug-likeness (QED) is 0.208. The van der Waals surface area contributed by atoms with Gasteiger partial charge in [0.25, 0.3) is 0 Å². The molecule has 10 heteroatoms. The van der Waals surface area contributed by atoms with Crippen LogP contribution in [0.2, 0.25) is 0 Å². The Labute approximate surface area is 269 Å². The highest BCUT2D eigenvalue weighted by Crippen LogP contribution is 2.56. The van der Waals surface area contributed by atoms with E-state index in [1.807, 2.05) is 17.3 Å². The number of imidazole rings is 2. The minimum absolute atomic E-state index is 0.00487. The SMILES string of the molecule is CN1CCCC[C@H]1c1ncc(-c2ccc(-c3ccc(-c4cnc([C@@H]5CCCCN5C(=O)CNC=O)[nH]4)c4c3C3CCC4O3)cc2)[nH]1. The molecule has 0 aliphatic carbocycles. The Morgan fingerprint density at radius 2 is 1.46 bits per heavy atom. The van der Waals surface area contributed by atoms with E-state index in [-0.39, 0.29) is 30.7 Å². The van der Waals surface area contributed by atoms with Gasteiger partial charge in [0.1, 0.15) is 11.6 Å². The fourth-order valence-corrected chi connectivity index (χ4v) is 8.17. The highest BCUT2D eigenvalue weighted by Gasteiger charge is 2.42. The number of aromatic nitrogens is 4. The fourth-order valence-electron chi connectivity index (χ4n) is 8.17. The summed E-state index contributed by atoms with van der Waals surface area (Å²) in [7, 11) is 2.19. The zero-order chi connectivity index (χ0) is 31.2. The number of piperidine rings is 2. The highest BCUT2D eigenvalue weighted by atomic mass is 16.5. The number of benzene rings is 2. The number of amides is 2. The number of likely N-dealkylation sites (tertiary alicyclic amines) is 2. The molecule has 10 nitrogen and oxygen atoms in total. The molecular weight excluding hydrogens is 578 g/mol. The van der Waals surface area contributed by atoms with Gasteiger partial charge in [-0.3, -0.25) is 14.5 Å². The normalized spacial score (nSPS) is 24.2. The van der Waals surface area contributed by atoms with Crippen molar-refractivity contribution in [1.82, 2.24) is 35.1 Å². The van der Waals surface area contributed by atoms with Gasteiger partial charge in [0.2, 0.25) is 12.3 Å². The van der Waals surface area contributed by atoms with Crippen LogP contribution in [-0.2, 0) is 14.3 Å².